The molecule has 0 aliphatic heterocycles. The molecule has 0 spiro atoms. The van der Waals surface area contributed by atoms with Gasteiger partial charge in [0.2, 0.25) is 0 Å². The third kappa shape index (κ3) is 2.09. The van der Waals surface area contributed by atoms with Crippen molar-refractivity contribution in [2.45, 2.75) is 25.4 Å². The van der Waals surface area contributed by atoms with Gasteiger partial charge in [0.05, 0.1) is 9.89 Å². The third-order valence-electron chi connectivity index (χ3n) is 2.21. The Labute approximate surface area is 84.6 Å². The highest BCUT2D eigenvalue weighted by Gasteiger charge is 2.29. The number of aliphatic hydroxyl groups is 1. The number of rotatable bonds is 3. The lowest BCUT2D eigenvalue weighted by Crippen LogP contribution is -2.11. The van der Waals surface area contributed by atoms with E-state index in [9.17, 15) is 5.11 Å². The summed E-state index contributed by atoms with van der Waals surface area (Å²) >= 11 is 5.13. The van der Waals surface area contributed by atoms with E-state index in [0.717, 1.165) is 10.2 Å². The van der Waals surface area contributed by atoms with Gasteiger partial charge in [-0.15, -0.1) is 11.3 Å². The van der Waals surface area contributed by atoms with Gasteiger partial charge in [-0.3, -0.25) is 0 Å². The number of hydrogen-bond donors (Lipinski definition) is 1. The Kier molecular flexibility index (Phi) is 2.53. The Morgan fingerprint density at radius 1 is 1.58 bits per heavy atom. The van der Waals surface area contributed by atoms with E-state index in [0.29, 0.717) is 5.92 Å². The molecule has 12 heavy (non-hydrogen) atoms. The largest absolute Gasteiger partial charge is 0.392 e. The van der Waals surface area contributed by atoms with Gasteiger partial charge in [0, 0.05) is 11.3 Å². The van der Waals surface area contributed by atoms with Gasteiger partial charge in [-0.05, 0) is 46.8 Å². The van der Waals surface area contributed by atoms with Crippen LogP contribution in [0.5, 0.6) is 0 Å². The van der Waals surface area contributed by atoms with E-state index in [1.54, 1.807) is 11.3 Å². The molecule has 0 aromatic carbocycles. The molecule has 1 unspecified atom stereocenters. The minimum atomic E-state index is -0.101. The molecule has 1 atom stereocenters. The van der Waals surface area contributed by atoms with Crippen molar-refractivity contribution in [3.63, 3.8) is 0 Å². The quantitative estimate of drug-likeness (QED) is 0.870. The van der Waals surface area contributed by atoms with Crippen molar-refractivity contribution in [2.75, 3.05) is 0 Å². The normalized spacial score (nSPS) is 19.5. The first-order chi connectivity index (χ1) is 5.75. The topological polar surface area (TPSA) is 20.2 Å². The first kappa shape index (κ1) is 8.73. The minimum absolute atomic E-state index is 0.101. The van der Waals surface area contributed by atoms with Crippen LogP contribution >= 0.6 is 27.3 Å². The van der Waals surface area contributed by atoms with Crippen molar-refractivity contribution >= 4 is 27.3 Å². The average Bonchev–Trinajstić information content (AvgIpc) is 2.78. The Morgan fingerprint density at radius 2 is 2.33 bits per heavy atom. The molecule has 2 rings (SSSR count). The van der Waals surface area contributed by atoms with Gasteiger partial charge in [0.25, 0.3) is 0 Å². The van der Waals surface area contributed by atoms with Crippen molar-refractivity contribution in [1.82, 2.24) is 0 Å². The second kappa shape index (κ2) is 3.48. The highest BCUT2D eigenvalue weighted by molar-refractivity contribution is 9.11. The predicted molar refractivity (Wildman–Crippen MR) is 54.5 cm³/mol. The molecule has 0 bridgehead atoms. The average molecular weight is 247 g/mol. The zero-order valence-electron chi connectivity index (χ0n) is 6.66. The number of aliphatic hydroxyl groups excluding tert-OH is 1. The highest BCUT2D eigenvalue weighted by Crippen LogP contribution is 2.35. The summed E-state index contributed by atoms with van der Waals surface area (Å²) in [7, 11) is 0. The lowest BCUT2D eigenvalue weighted by Gasteiger charge is -2.05. The maximum absolute atomic E-state index is 9.64. The molecule has 66 valence electrons. The number of halogens is 1. The van der Waals surface area contributed by atoms with Crippen LogP contribution in [-0.2, 0) is 6.42 Å². The molecule has 3 heteroatoms. The van der Waals surface area contributed by atoms with Crippen LogP contribution in [0.3, 0.4) is 0 Å². The fraction of sp³-hybridized carbons (Fsp3) is 0.556. The second-order valence-electron chi connectivity index (χ2n) is 3.31. The number of thiophene rings is 1. The third-order valence-corrected chi connectivity index (χ3v) is 3.85. The molecular weight excluding hydrogens is 236 g/mol. The zero-order valence-corrected chi connectivity index (χ0v) is 9.07. The standard InChI is InChI=1S/C9H11BrOS/c10-9-4-3-7(12-9)5-8(11)6-1-2-6/h3-4,6,8,11H,1-2,5H2. The Morgan fingerprint density at radius 3 is 2.83 bits per heavy atom. The molecule has 1 fully saturated rings. The maximum Gasteiger partial charge on any atom is 0.0701 e. The minimum Gasteiger partial charge on any atom is -0.392 e. The van der Waals surface area contributed by atoms with Gasteiger partial charge in [-0.1, -0.05) is 0 Å². The van der Waals surface area contributed by atoms with Crippen molar-refractivity contribution in [3.8, 4) is 0 Å². The number of hydrogen-bond acceptors (Lipinski definition) is 2. The lowest BCUT2D eigenvalue weighted by atomic mass is 10.1. The molecule has 0 radical (unpaired) electrons. The van der Waals surface area contributed by atoms with E-state index < -0.39 is 0 Å². The van der Waals surface area contributed by atoms with Crippen LogP contribution in [0.1, 0.15) is 17.7 Å². The van der Waals surface area contributed by atoms with Crippen LogP contribution in [0.4, 0.5) is 0 Å². The molecule has 1 aromatic heterocycles. The monoisotopic (exact) mass is 246 g/mol. The van der Waals surface area contributed by atoms with Crippen LogP contribution in [0, 0.1) is 5.92 Å². The van der Waals surface area contributed by atoms with E-state index >= 15 is 0 Å². The summed E-state index contributed by atoms with van der Waals surface area (Å²) in [5, 5.41) is 9.64. The highest BCUT2D eigenvalue weighted by atomic mass is 79.9. The van der Waals surface area contributed by atoms with Crippen molar-refractivity contribution < 1.29 is 5.11 Å². The van der Waals surface area contributed by atoms with Gasteiger partial charge < -0.3 is 5.11 Å². The fourth-order valence-electron chi connectivity index (χ4n) is 1.32. The first-order valence-electron chi connectivity index (χ1n) is 4.18. The smallest absolute Gasteiger partial charge is 0.0701 e. The molecule has 0 saturated heterocycles. The molecule has 1 aromatic rings. The predicted octanol–water partition coefficient (Wildman–Crippen LogP) is 2.82. The van der Waals surface area contributed by atoms with Gasteiger partial charge in [-0.2, -0.15) is 0 Å². The molecule has 1 N–H and O–H groups in total. The summed E-state index contributed by atoms with van der Waals surface area (Å²) in [6.07, 6.45) is 3.16. The van der Waals surface area contributed by atoms with Crippen molar-refractivity contribution in [3.05, 3.63) is 20.8 Å². The summed E-state index contributed by atoms with van der Waals surface area (Å²) in [6.45, 7) is 0. The van der Waals surface area contributed by atoms with E-state index in [-0.39, 0.29) is 6.10 Å². The Balaban J connectivity index is 1.93. The lowest BCUT2D eigenvalue weighted by molar-refractivity contribution is 0.152. The molecule has 1 aliphatic carbocycles. The van der Waals surface area contributed by atoms with Gasteiger partial charge in [-0.25, -0.2) is 0 Å². The molecule has 1 nitrogen and oxygen atoms in total. The molecule has 1 heterocycles. The zero-order chi connectivity index (χ0) is 8.55. The molecular formula is C9H11BrOS. The summed E-state index contributed by atoms with van der Waals surface area (Å²) in [5.41, 5.74) is 0. The fourth-order valence-corrected chi connectivity index (χ4v) is 2.85. The Hall–Kier alpha value is 0.140. The van der Waals surface area contributed by atoms with Crippen LogP contribution < -0.4 is 0 Å². The van der Waals surface area contributed by atoms with Crippen molar-refractivity contribution in [2.24, 2.45) is 5.92 Å². The van der Waals surface area contributed by atoms with E-state index in [2.05, 4.69) is 22.0 Å². The summed E-state index contributed by atoms with van der Waals surface area (Å²) in [4.78, 5) is 1.28. The molecule has 1 aliphatic rings. The van der Waals surface area contributed by atoms with Crippen molar-refractivity contribution in [1.29, 1.82) is 0 Å². The SMILES string of the molecule is OC(Cc1ccc(Br)s1)C1CC1. The van der Waals surface area contributed by atoms with Crippen LogP contribution in [0.2, 0.25) is 0 Å². The van der Waals surface area contributed by atoms with Gasteiger partial charge in [0.1, 0.15) is 0 Å². The van der Waals surface area contributed by atoms with E-state index in [1.807, 2.05) is 6.07 Å². The summed E-state index contributed by atoms with van der Waals surface area (Å²) in [6, 6.07) is 4.12. The summed E-state index contributed by atoms with van der Waals surface area (Å²) < 4.78 is 1.15. The van der Waals surface area contributed by atoms with E-state index in [4.69, 9.17) is 0 Å². The van der Waals surface area contributed by atoms with Crippen LogP contribution in [-0.4, -0.2) is 11.2 Å². The maximum atomic E-state index is 9.64. The first-order valence-corrected chi connectivity index (χ1v) is 5.79. The van der Waals surface area contributed by atoms with Gasteiger partial charge in [0.15, 0.2) is 0 Å². The van der Waals surface area contributed by atoms with Crippen LogP contribution in [0.15, 0.2) is 15.9 Å². The second-order valence-corrected chi connectivity index (χ2v) is 5.86. The molecule has 1 saturated carbocycles. The van der Waals surface area contributed by atoms with Gasteiger partial charge >= 0.3 is 0 Å². The van der Waals surface area contributed by atoms with Crippen LogP contribution in [0.25, 0.3) is 0 Å². The van der Waals surface area contributed by atoms with E-state index in [1.165, 1.54) is 17.7 Å². The summed E-state index contributed by atoms with van der Waals surface area (Å²) in [5.74, 6) is 0.589. The Bertz CT molecular complexity index is 267. The molecule has 0 amide bonds.